The number of hydrogen-bond donors (Lipinski definition) is 2. The Morgan fingerprint density at radius 2 is 1.71 bits per heavy atom. The Hall–Kier alpha value is -5.44. The maximum Gasteiger partial charge on any atom is 0.407 e. The van der Waals surface area contributed by atoms with Crippen molar-refractivity contribution < 1.29 is 32.5 Å². The number of imidazole rings is 1. The minimum absolute atomic E-state index is 0.00565. The first-order chi connectivity index (χ1) is 23.7. The molecule has 49 heavy (non-hydrogen) atoms. The van der Waals surface area contributed by atoms with Crippen LogP contribution < -0.4 is 18.9 Å². The molecule has 0 aliphatic carbocycles. The van der Waals surface area contributed by atoms with Crippen LogP contribution in [0.1, 0.15) is 25.3 Å². The number of aromatic nitrogens is 5. The predicted molar refractivity (Wildman–Crippen MR) is 183 cm³/mol. The molecule has 256 valence electrons. The van der Waals surface area contributed by atoms with Crippen molar-refractivity contribution in [3.05, 3.63) is 78.5 Å². The Balaban J connectivity index is 1.33. The van der Waals surface area contributed by atoms with Gasteiger partial charge in [0.25, 0.3) is 0 Å². The van der Waals surface area contributed by atoms with E-state index in [-0.39, 0.29) is 41.4 Å². The summed E-state index contributed by atoms with van der Waals surface area (Å²) in [6, 6.07) is 19.9. The molecule has 1 aliphatic heterocycles. The molecule has 1 fully saturated rings. The van der Waals surface area contributed by atoms with Crippen LogP contribution in [0, 0.1) is 5.92 Å². The summed E-state index contributed by atoms with van der Waals surface area (Å²) < 4.78 is 48.4. The fourth-order valence-electron chi connectivity index (χ4n) is 6.23. The number of carboxylic acid groups (broad SMARTS) is 1. The third-order valence-corrected chi connectivity index (χ3v) is 9.77. The second-order valence-corrected chi connectivity index (χ2v) is 13.3. The lowest BCUT2D eigenvalue weighted by Crippen LogP contribution is -2.47. The smallest absolute Gasteiger partial charge is 0.407 e. The Bertz CT molecular complexity index is 2030. The van der Waals surface area contributed by atoms with Crippen LogP contribution in [-0.2, 0) is 16.4 Å². The molecular weight excluding hydrogens is 650 g/mol. The Morgan fingerprint density at radius 1 is 0.980 bits per heavy atom. The largest absolute Gasteiger partial charge is 0.494 e. The number of pyridine rings is 1. The number of benzene rings is 2. The van der Waals surface area contributed by atoms with Gasteiger partial charge in [-0.15, -0.1) is 0 Å². The van der Waals surface area contributed by atoms with Crippen molar-refractivity contribution in [1.82, 2.24) is 29.4 Å². The number of carbonyl (C=O) groups is 1. The lowest BCUT2D eigenvalue weighted by atomic mass is 9.89. The number of para-hydroxylation sites is 1. The SMILES string of the molecule is CCOc1cccc(-c2nc3ncc(NS(=O)(=O)CC4CCN(C(=O)O)C(Cc5ccccc5)C4)nc3n2-c2c(OC)cccc2OC)n1. The minimum atomic E-state index is -3.92. The Labute approximate surface area is 283 Å². The van der Waals surface area contributed by atoms with E-state index in [1.165, 1.54) is 25.3 Å². The lowest BCUT2D eigenvalue weighted by Gasteiger charge is -2.37. The fourth-order valence-corrected chi connectivity index (χ4v) is 7.66. The third-order valence-electron chi connectivity index (χ3n) is 8.34. The molecule has 0 spiro atoms. The van der Waals surface area contributed by atoms with Crippen LogP contribution in [0.15, 0.2) is 72.9 Å². The molecule has 2 N–H and O–H groups in total. The van der Waals surface area contributed by atoms with Gasteiger partial charge in [0.15, 0.2) is 22.9 Å². The van der Waals surface area contributed by atoms with Crippen molar-refractivity contribution in [3.63, 3.8) is 0 Å². The number of hydrogen-bond acceptors (Lipinski definition) is 10. The normalized spacial score (nSPS) is 16.3. The third kappa shape index (κ3) is 7.36. The first-order valence-electron chi connectivity index (χ1n) is 15.8. The Kier molecular flexibility index (Phi) is 9.80. The zero-order valence-corrected chi connectivity index (χ0v) is 28.1. The van der Waals surface area contributed by atoms with Gasteiger partial charge in [-0.2, -0.15) is 0 Å². The van der Waals surface area contributed by atoms with Gasteiger partial charge in [0.05, 0.1) is 32.8 Å². The van der Waals surface area contributed by atoms with Gasteiger partial charge in [0.2, 0.25) is 15.9 Å². The van der Waals surface area contributed by atoms with Gasteiger partial charge in [-0.3, -0.25) is 9.29 Å². The quantitative estimate of drug-likeness (QED) is 0.180. The first-order valence-corrected chi connectivity index (χ1v) is 17.5. The van der Waals surface area contributed by atoms with Crippen LogP contribution in [0.25, 0.3) is 28.5 Å². The topological polar surface area (TPSA) is 171 Å². The number of sulfonamides is 1. The predicted octanol–water partition coefficient (Wildman–Crippen LogP) is 5.04. The van der Waals surface area contributed by atoms with E-state index in [2.05, 4.69) is 19.7 Å². The summed E-state index contributed by atoms with van der Waals surface area (Å²) in [4.78, 5) is 31.9. The van der Waals surface area contributed by atoms with Crippen LogP contribution in [0.3, 0.4) is 0 Å². The summed E-state index contributed by atoms with van der Waals surface area (Å²) in [6.45, 7) is 2.54. The molecular formula is C34H37N7O7S. The van der Waals surface area contributed by atoms with E-state index in [4.69, 9.17) is 19.2 Å². The maximum absolute atomic E-state index is 13.6. The summed E-state index contributed by atoms with van der Waals surface area (Å²) in [5, 5.41) is 9.82. The van der Waals surface area contributed by atoms with E-state index in [1.807, 2.05) is 37.3 Å². The zero-order valence-electron chi connectivity index (χ0n) is 27.3. The van der Waals surface area contributed by atoms with Gasteiger partial charge in [-0.1, -0.05) is 42.5 Å². The first kappa shape index (κ1) is 33.5. The highest BCUT2D eigenvalue weighted by Crippen LogP contribution is 2.38. The molecule has 14 nitrogen and oxygen atoms in total. The molecule has 6 rings (SSSR count). The van der Waals surface area contributed by atoms with Gasteiger partial charge in [0, 0.05) is 18.7 Å². The van der Waals surface area contributed by atoms with Gasteiger partial charge < -0.3 is 24.2 Å². The second-order valence-electron chi connectivity index (χ2n) is 11.6. The molecule has 2 atom stereocenters. The number of methoxy groups -OCH3 is 2. The van der Waals surface area contributed by atoms with Gasteiger partial charge >= 0.3 is 6.09 Å². The summed E-state index contributed by atoms with van der Waals surface area (Å²) in [5.74, 6) is 1.18. The van der Waals surface area contributed by atoms with E-state index < -0.39 is 16.1 Å². The average molecular weight is 688 g/mol. The van der Waals surface area contributed by atoms with Crippen LogP contribution in [0.4, 0.5) is 10.6 Å². The molecule has 4 heterocycles. The molecule has 15 heteroatoms. The molecule has 1 aliphatic rings. The molecule has 0 saturated carbocycles. The highest BCUT2D eigenvalue weighted by atomic mass is 32.2. The summed E-state index contributed by atoms with van der Waals surface area (Å²) in [7, 11) is -0.865. The number of amides is 1. The van der Waals surface area contributed by atoms with Crippen molar-refractivity contribution in [2.45, 2.75) is 32.2 Å². The van der Waals surface area contributed by atoms with Crippen molar-refractivity contribution in [1.29, 1.82) is 0 Å². The molecule has 3 aromatic heterocycles. The van der Waals surface area contributed by atoms with Crippen molar-refractivity contribution in [2.75, 3.05) is 37.8 Å². The summed E-state index contributed by atoms with van der Waals surface area (Å²) in [5.41, 5.74) is 2.39. The zero-order chi connectivity index (χ0) is 34.5. The molecule has 5 aromatic rings. The summed E-state index contributed by atoms with van der Waals surface area (Å²) >= 11 is 0. The number of anilines is 1. The van der Waals surface area contributed by atoms with Crippen molar-refractivity contribution in [2.24, 2.45) is 5.92 Å². The number of ether oxygens (including phenoxy) is 3. The lowest BCUT2D eigenvalue weighted by molar-refractivity contribution is 0.0933. The number of piperidine rings is 1. The second kappa shape index (κ2) is 14.4. The molecule has 0 bridgehead atoms. The molecule has 1 amide bonds. The number of nitrogens with zero attached hydrogens (tertiary/aromatic N) is 6. The standard InChI is InChI=1S/C34H37N7O7S/c1-4-48-29-15-8-12-25(36-29)32-38-31-33(41(32)30-26(46-2)13-9-14-27(30)47-3)37-28(20-35-31)39-49(44,45)21-23-16-17-40(34(42)43)24(19-23)18-22-10-6-5-7-11-22/h5-15,20,23-24H,4,16-19,21H2,1-3H3,(H,37,39)(H,42,43). The highest BCUT2D eigenvalue weighted by Gasteiger charge is 2.34. The van der Waals surface area contributed by atoms with Crippen LogP contribution in [-0.4, -0.2) is 88.2 Å². The van der Waals surface area contributed by atoms with Crippen LogP contribution in [0.5, 0.6) is 17.4 Å². The van der Waals surface area contributed by atoms with E-state index in [1.54, 1.807) is 41.0 Å². The van der Waals surface area contributed by atoms with Crippen molar-refractivity contribution in [3.8, 4) is 34.6 Å². The molecule has 0 radical (unpaired) electrons. The van der Waals surface area contributed by atoms with Gasteiger partial charge in [0.1, 0.15) is 22.9 Å². The van der Waals surface area contributed by atoms with Gasteiger partial charge in [-0.05, 0) is 55.9 Å². The average Bonchev–Trinajstić information content (AvgIpc) is 3.46. The maximum atomic E-state index is 13.6. The van der Waals surface area contributed by atoms with E-state index in [0.29, 0.717) is 60.5 Å². The molecule has 2 aromatic carbocycles. The van der Waals surface area contributed by atoms with Crippen molar-refractivity contribution >= 4 is 33.2 Å². The number of fused-ring (bicyclic) bond motifs is 1. The highest BCUT2D eigenvalue weighted by molar-refractivity contribution is 7.92. The van der Waals surface area contributed by atoms with Crippen LogP contribution >= 0.6 is 0 Å². The number of nitrogens with one attached hydrogen (secondary N) is 1. The number of likely N-dealkylation sites (tertiary alicyclic amines) is 1. The fraction of sp³-hybridized carbons (Fsp3) is 0.324. The summed E-state index contributed by atoms with van der Waals surface area (Å²) in [6.07, 6.45) is 1.63. The van der Waals surface area contributed by atoms with Crippen LogP contribution in [0.2, 0.25) is 0 Å². The van der Waals surface area contributed by atoms with E-state index in [9.17, 15) is 18.3 Å². The monoisotopic (exact) mass is 687 g/mol. The number of rotatable bonds is 12. The molecule has 1 saturated heterocycles. The molecule has 2 unspecified atom stereocenters. The van der Waals surface area contributed by atoms with E-state index in [0.717, 1.165) is 5.56 Å². The minimum Gasteiger partial charge on any atom is -0.494 e. The van der Waals surface area contributed by atoms with E-state index >= 15 is 0 Å². The Morgan fingerprint density at radius 3 is 2.41 bits per heavy atom. The van der Waals surface area contributed by atoms with Gasteiger partial charge in [-0.25, -0.2) is 33.1 Å².